The first-order chi connectivity index (χ1) is 13.1. The molecule has 0 spiro atoms. The van der Waals surface area contributed by atoms with Crippen LogP contribution in [0.3, 0.4) is 0 Å². The third-order valence-electron chi connectivity index (χ3n) is 3.81. The number of ether oxygens (including phenoxy) is 1. The molecule has 0 unspecified atom stereocenters. The molecule has 0 aliphatic heterocycles. The van der Waals surface area contributed by atoms with Crippen LogP contribution in [0, 0.1) is 0 Å². The Hall–Kier alpha value is -3.19. The molecule has 1 N–H and O–H groups in total. The van der Waals surface area contributed by atoms with E-state index in [0.717, 1.165) is 23.3 Å². The van der Waals surface area contributed by atoms with Crippen molar-refractivity contribution in [3.05, 3.63) is 76.6 Å². The van der Waals surface area contributed by atoms with Crippen molar-refractivity contribution >= 4 is 34.0 Å². The number of carbonyl (C=O) groups excluding carboxylic acids is 3. The second kappa shape index (κ2) is 8.46. The highest BCUT2D eigenvalue weighted by Gasteiger charge is 2.16. The number of amides is 1. The van der Waals surface area contributed by atoms with Crippen LogP contribution in [0.4, 0.5) is 5.00 Å². The molecule has 1 aromatic carbocycles. The Kier molecular flexibility index (Phi) is 5.83. The maximum Gasteiger partial charge on any atom is 0.348 e. The molecule has 27 heavy (non-hydrogen) atoms. The van der Waals surface area contributed by atoms with Gasteiger partial charge in [-0.3, -0.25) is 9.59 Å². The molecule has 1 amide bonds. The third kappa shape index (κ3) is 4.71. The van der Waals surface area contributed by atoms with Gasteiger partial charge in [-0.05, 0) is 36.2 Å². The molecule has 0 aliphatic rings. The minimum atomic E-state index is -0.614. The Morgan fingerprint density at radius 1 is 1.07 bits per heavy atom. The van der Waals surface area contributed by atoms with Crippen LogP contribution in [0.25, 0.3) is 0 Å². The number of hydrogen-bond acceptors (Lipinski definition) is 6. The minimum Gasteiger partial charge on any atom is -0.459 e. The van der Waals surface area contributed by atoms with Crippen LogP contribution in [0.15, 0.2) is 59.2 Å². The Labute approximate surface area is 159 Å². The fraction of sp³-hybridized carbons (Fsp3) is 0.150. The molecule has 6 nitrogen and oxygen atoms in total. The Balaban J connectivity index is 1.54. The molecule has 3 aromatic rings. The largest absolute Gasteiger partial charge is 0.459 e. The summed E-state index contributed by atoms with van der Waals surface area (Å²) < 4.78 is 10.1. The van der Waals surface area contributed by atoms with Crippen molar-refractivity contribution in [3.63, 3.8) is 0 Å². The fourth-order valence-electron chi connectivity index (χ4n) is 2.31. The second-order valence-corrected chi connectivity index (χ2v) is 6.73. The number of aryl methyl sites for hydroxylation is 1. The first-order valence-corrected chi connectivity index (χ1v) is 9.12. The smallest absolute Gasteiger partial charge is 0.348 e. The monoisotopic (exact) mass is 383 g/mol. The summed E-state index contributed by atoms with van der Waals surface area (Å²) in [5.74, 6) is -1.12. The van der Waals surface area contributed by atoms with Crippen molar-refractivity contribution in [1.29, 1.82) is 0 Å². The number of esters is 1. The summed E-state index contributed by atoms with van der Waals surface area (Å²) in [6, 6.07) is 13.5. The molecular formula is C20H17NO5S. The molecule has 0 bridgehead atoms. The SMILES string of the molecule is CCc1ccc(C(=O)COC(=O)c2ccc(NC(=O)c3ccco3)s2)cc1. The molecule has 7 heteroatoms. The van der Waals surface area contributed by atoms with Crippen LogP contribution >= 0.6 is 11.3 Å². The van der Waals surface area contributed by atoms with Crippen molar-refractivity contribution in [2.24, 2.45) is 0 Å². The summed E-state index contributed by atoms with van der Waals surface area (Å²) >= 11 is 1.06. The topological polar surface area (TPSA) is 85.6 Å². The lowest BCUT2D eigenvalue weighted by atomic mass is 10.1. The Morgan fingerprint density at radius 3 is 2.52 bits per heavy atom. The van der Waals surface area contributed by atoms with E-state index in [-0.39, 0.29) is 18.2 Å². The number of thiophene rings is 1. The van der Waals surface area contributed by atoms with Crippen molar-refractivity contribution in [1.82, 2.24) is 0 Å². The van der Waals surface area contributed by atoms with Gasteiger partial charge in [-0.1, -0.05) is 31.2 Å². The van der Waals surface area contributed by atoms with Gasteiger partial charge >= 0.3 is 5.97 Å². The quantitative estimate of drug-likeness (QED) is 0.488. The fourth-order valence-corrected chi connectivity index (χ4v) is 3.10. The van der Waals surface area contributed by atoms with E-state index in [1.807, 2.05) is 19.1 Å². The molecular weight excluding hydrogens is 366 g/mol. The number of hydrogen-bond donors (Lipinski definition) is 1. The zero-order chi connectivity index (χ0) is 19.2. The molecule has 0 saturated heterocycles. The van der Waals surface area contributed by atoms with Gasteiger partial charge in [-0.15, -0.1) is 11.3 Å². The van der Waals surface area contributed by atoms with Gasteiger partial charge in [0.2, 0.25) is 0 Å². The number of nitrogens with one attached hydrogen (secondary N) is 1. The second-order valence-electron chi connectivity index (χ2n) is 5.65. The highest BCUT2D eigenvalue weighted by Crippen LogP contribution is 2.23. The van der Waals surface area contributed by atoms with Gasteiger partial charge in [0.25, 0.3) is 5.91 Å². The molecule has 2 heterocycles. The van der Waals surface area contributed by atoms with E-state index in [2.05, 4.69) is 5.32 Å². The zero-order valence-corrected chi connectivity index (χ0v) is 15.4. The van der Waals surface area contributed by atoms with Crippen LogP contribution in [-0.4, -0.2) is 24.3 Å². The summed E-state index contributed by atoms with van der Waals surface area (Å²) in [7, 11) is 0. The van der Waals surface area contributed by atoms with E-state index in [1.165, 1.54) is 18.4 Å². The molecule has 138 valence electrons. The summed E-state index contributed by atoms with van der Waals surface area (Å²) in [5.41, 5.74) is 1.63. The summed E-state index contributed by atoms with van der Waals surface area (Å²) in [4.78, 5) is 36.4. The maximum absolute atomic E-state index is 12.1. The Bertz CT molecular complexity index is 941. The van der Waals surface area contributed by atoms with Crippen LogP contribution < -0.4 is 5.32 Å². The average Bonchev–Trinajstić information content (AvgIpc) is 3.38. The minimum absolute atomic E-state index is 0.173. The highest BCUT2D eigenvalue weighted by atomic mass is 32.1. The van der Waals surface area contributed by atoms with Gasteiger partial charge in [0.05, 0.1) is 11.3 Å². The van der Waals surface area contributed by atoms with Crippen molar-refractivity contribution in [2.45, 2.75) is 13.3 Å². The zero-order valence-electron chi connectivity index (χ0n) is 14.6. The molecule has 3 rings (SSSR count). The van der Waals surface area contributed by atoms with Gasteiger partial charge in [0, 0.05) is 5.56 Å². The van der Waals surface area contributed by atoms with E-state index < -0.39 is 11.9 Å². The number of benzene rings is 1. The van der Waals surface area contributed by atoms with Crippen LogP contribution in [0.1, 0.15) is 43.1 Å². The molecule has 0 aliphatic carbocycles. The predicted molar refractivity (Wildman–Crippen MR) is 101 cm³/mol. The summed E-state index contributed by atoms with van der Waals surface area (Å²) in [6.07, 6.45) is 2.29. The number of anilines is 1. The van der Waals surface area contributed by atoms with E-state index in [0.29, 0.717) is 15.4 Å². The molecule has 0 saturated carbocycles. The predicted octanol–water partition coefficient (Wildman–Crippen LogP) is 4.20. The highest BCUT2D eigenvalue weighted by molar-refractivity contribution is 7.18. The van der Waals surface area contributed by atoms with Gasteiger partial charge in [0.1, 0.15) is 4.88 Å². The summed E-state index contributed by atoms with van der Waals surface area (Å²) in [5, 5.41) is 3.11. The summed E-state index contributed by atoms with van der Waals surface area (Å²) in [6.45, 7) is 1.70. The number of furan rings is 1. The number of ketones is 1. The number of rotatable bonds is 7. The van der Waals surface area contributed by atoms with E-state index in [9.17, 15) is 14.4 Å². The molecule has 2 aromatic heterocycles. The van der Waals surface area contributed by atoms with Crippen molar-refractivity contribution in [3.8, 4) is 0 Å². The maximum atomic E-state index is 12.1. The first kappa shape index (κ1) is 18.6. The third-order valence-corrected chi connectivity index (χ3v) is 4.79. The van der Waals surface area contributed by atoms with E-state index >= 15 is 0 Å². The lowest BCUT2D eigenvalue weighted by molar-refractivity contribution is 0.0479. The van der Waals surface area contributed by atoms with E-state index in [1.54, 1.807) is 24.3 Å². The van der Waals surface area contributed by atoms with Crippen LogP contribution in [0.2, 0.25) is 0 Å². The number of carbonyl (C=O) groups is 3. The van der Waals surface area contributed by atoms with E-state index in [4.69, 9.17) is 9.15 Å². The molecule has 0 radical (unpaired) electrons. The lowest BCUT2D eigenvalue weighted by Gasteiger charge is -2.04. The van der Waals surface area contributed by atoms with Crippen molar-refractivity contribution < 1.29 is 23.5 Å². The van der Waals surface area contributed by atoms with Crippen molar-refractivity contribution in [2.75, 3.05) is 11.9 Å². The van der Waals surface area contributed by atoms with Gasteiger partial charge in [0.15, 0.2) is 18.2 Å². The first-order valence-electron chi connectivity index (χ1n) is 8.30. The average molecular weight is 383 g/mol. The normalized spacial score (nSPS) is 10.4. The number of Topliss-reactive ketones (excluding diaryl/α,β-unsaturated/α-hetero) is 1. The lowest BCUT2D eigenvalue weighted by Crippen LogP contribution is -2.13. The Morgan fingerprint density at radius 2 is 1.85 bits per heavy atom. The molecule has 0 fully saturated rings. The standard InChI is InChI=1S/C20H17NO5S/c1-2-13-5-7-14(8-6-13)15(22)12-26-20(24)17-9-10-18(27-17)21-19(23)16-4-3-11-25-16/h3-11H,2,12H2,1H3,(H,21,23). The van der Waals surface area contributed by atoms with Gasteiger partial charge in [-0.25, -0.2) is 4.79 Å². The van der Waals surface area contributed by atoms with Crippen LogP contribution in [-0.2, 0) is 11.2 Å². The van der Waals surface area contributed by atoms with Crippen LogP contribution in [0.5, 0.6) is 0 Å². The molecule has 0 atom stereocenters. The van der Waals surface area contributed by atoms with Gasteiger partial charge < -0.3 is 14.5 Å². The van der Waals surface area contributed by atoms with Gasteiger partial charge in [-0.2, -0.15) is 0 Å².